The molecule has 0 aliphatic carbocycles. The van der Waals surface area contributed by atoms with Crippen molar-refractivity contribution in [1.29, 1.82) is 0 Å². The van der Waals surface area contributed by atoms with Crippen molar-refractivity contribution < 1.29 is 9.53 Å². The van der Waals surface area contributed by atoms with Crippen LogP contribution in [0.1, 0.15) is 25.1 Å². The summed E-state index contributed by atoms with van der Waals surface area (Å²) >= 11 is 3.10. The van der Waals surface area contributed by atoms with E-state index in [9.17, 15) is 9.59 Å². The van der Waals surface area contributed by atoms with E-state index in [-0.39, 0.29) is 11.5 Å². The number of thiophene rings is 2. The summed E-state index contributed by atoms with van der Waals surface area (Å²) in [7, 11) is 0. The van der Waals surface area contributed by atoms with E-state index < -0.39 is 6.10 Å². The summed E-state index contributed by atoms with van der Waals surface area (Å²) in [5.74, 6) is 1.30. The summed E-state index contributed by atoms with van der Waals surface area (Å²) in [6, 6.07) is 11.7. The number of aromatic amines is 1. The van der Waals surface area contributed by atoms with Crippen LogP contribution in [0.5, 0.6) is 5.75 Å². The zero-order valence-corrected chi connectivity index (χ0v) is 20.2. The predicted octanol–water partition coefficient (Wildman–Crippen LogP) is 4.49. The van der Waals surface area contributed by atoms with Gasteiger partial charge in [0.05, 0.1) is 24.2 Å². The van der Waals surface area contributed by atoms with Crippen LogP contribution in [0.3, 0.4) is 0 Å². The van der Waals surface area contributed by atoms with E-state index >= 15 is 0 Å². The van der Waals surface area contributed by atoms with Crippen LogP contribution in [-0.2, 0) is 11.3 Å². The number of carbonyl (C=O) groups excluding carboxylic acids is 1. The van der Waals surface area contributed by atoms with Gasteiger partial charge in [-0.15, -0.1) is 22.7 Å². The van der Waals surface area contributed by atoms with Gasteiger partial charge in [0.2, 0.25) is 0 Å². The van der Waals surface area contributed by atoms with E-state index in [4.69, 9.17) is 9.72 Å². The van der Waals surface area contributed by atoms with E-state index in [1.54, 1.807) is 11.3 Å². The van der Waals surface area contributed by atoms with Gasteiger partial charge in [0, 0.05) is 28.9 Å². The van der Waals surface area contributed by atoms with E-state index in [0.29, 0.717) is 30.0 Å². The standard InChI is InChI=1S/C25H24N4O3S2/c30-23-22-16(20-9-6-12-33-20)15-34-24(22)27-21(26-23)14-29-13-19(25(31)28-10-4-1-5-11-28)32-18-8-3-2-7-17(18)29/h2-3,6-9,12,15,19H,1,4-5,10-11,13-14H2,(H,26,27,30). The van der Waals surface area contributed by atoms with Crippen LogP contribution in [0.15, 0.2) is 52.0 Å². The van der Waals surface area contributed by atoms with Crippen LogP contribution >= 0.6 is 22.7 Å². The smallest absolute Gasteiger partial charge is 0.265 e. The summed E-state index contributed by atoms with van der Waals surface area (Å²) in [6.07, 6.45) is 2.68. The Kier molecular flexibility index (Phi) is 5.58. The number of likely N-dealkylation sites (tertiary alicyclic amines) is 1. The fraction of sp³-hybridized carbons (Fsp3) is 0.320. The van der Waals surface area contributed by atoms with Crippen molar-refractivity contribution in [2.24, 2.45) is 0 Å². The molecule has 34 heavy (non-hydrogen) atoms. The van der Waals surface area contributed by atoms with Crippen LogP contribution in [0, 0.1) is 0 Å². The first kappa shape index (κ1) is 21.4. The van der Waals surface area contributed by atoms with Gasteiger partial charge in [-0.1, -0.05) is 18.2 Å². The Hall–Kier alpha value is -3.17. The van der Waals surface area contributed by atoms with Crippen LogP contribution in [-0.4, -0.2) is 46.5 Å². The molecule has 0 radical (unpaired) electrons. The molecule has 1 atom stereocenters. The Balaban J connectivity index is 1.30. The molecular formula is C25H24N4O3S2. The largest absolute Gasteiger partial charge is 0.477 e. The van der Waals surface area contributed by atoms with Crippen molar-refractivity contribution in [2.75, 3.05) is 24.5 Å². The molecule has 1 N–H and O–H groups in total. The third kappa shape index (κ3) is 3.88. The Morgan fingerprint density at radius 1 is 1.12 bits per heavy atom. The second kappa shape index (κ2) is 8.88. The molecule has 1 saturated heterocycles. The van der Waals surface area contributed by atoms with Gasteiger partial charge in [0.25, 0.3) is 11.5 Å². The molecule has 4 aromatic rings. The van der Waals surface area contributed by atoms with Gasteiger partial charge in [0.1, 0.15) is 16.4 Å². The summed E-state index contributed by atoms with van der Waals surface area (Å²) < 4.78 is 6.13. The molecule has 9 heteroatoms. The number of fused-ring (bicyclic) bond motifs is 2. The fourth-order valence-electron chi connectivity index (χ4n) is 4.77. The van der Waals surface area contributed by atoms with E-state index in [0.717, 1.165) is 46.9 Å². The quantitative estimate of drug-likeness (QED) is 0.454. The van der Waals surface area contributed by atoms with Crippen LogP contribution in [0.25, 0.3) is 20.7 Å². The number of piperidine rings is 1. The highest BCUT2D eigenvalue weighted by molar-refractivity contribution is 7.18. The number of ether oxygens (including phenoxy) is 1. The van der Waals surface area contributed by atoms with Crippen molar-refractivity contribution in [3.8, 4) is 16.2 Å². The summed E-state index contributed by atoms with van der Waals surface area (Å²) in [5, 5.41) is 4.64. The number of nitrogens with one attached hydrogen (secondary N) is 1. The topological polar surface area (TPSA) is 78.5 Å². The summed E-state index contributed by atoms with van der Waals surface area (Å²) in [5.41, 5.74) is 1.70. The summed E-state index contributed by atoms with van der Waals surface area (Å²) in [4.78, 5) is 39.8. The first-order valence-electron chi connectivity index (χ1n) is 11.5. The van der Waals surface area contributed by atoms with Gasteiger partial charge in [0.15, 0.2) is 6.10 Å². The zero-order valence-electron chi connectivity index (χ0n) is 18.5. The molecule has 1 unspecified atom stereocenters. The van der Waals surface area contributed by atoms with Crippen molar-refractivity contribution >= 4 is 44.5 Å². The number of benzene rings is 1. The van der Waals surface area contributed by atoms with Gasteiger partial charge in [-0.2, -0.15) is 0 Å². The highest BCUT2D eigenvalue weighted by atomic mass is 32.1. The maximum atomic E-state index is 13.2. The highest BCUT2D eigenvalue weighted by Gasteiger charge is 2.34. The Morgan fingerprint density at radius 2 is 1.97 bits per heavy atom. The summed E-state index contributed by atoms with van der Waals surface area (Å²) in [6.45, 7) is 2.38. The molecule has 2 aliphatic heterocycles. The Morgan fingerprint density at radius 3 is 2.79 bits per heavy atom. The molecule has 1 amide bonds. The number of aromatic nitrogens is 2. The van der Waals surface area contributed by atoms with Crippen LogP contribution in [0.2, 0.25) is 0 Å². The normalized spacial score (nSPS) is 18.1. The second-order valence-corrected chi connectivity index (χ2v) is 10.5. The SMILES string of the molecule is O=C(C1CN(Cc2nc3scc(-c4cccs4)c3c(=O)[nH]2)c2ccccc2O1)N1CCCCC1. The molecule has 0 bridgehead atoms. The lowest BCUT2D eigenvalue weighted by Gasteiger charge is -2.38. The number of H-pyrrole nitrogens is 1. The first-order valence-corrected chi connectivity index (χ1v) is 13.3. The lowest BCUT2D eigenvalue weighted by molar-refractivity contribution is -0.139. The number of rotatable bonds is 4. The van der Waals surface area contributed by atoms with Crippen molar-refractivity contribution in [3.63, 3.8) is 0 Å². The third-order valence-electron chi connectivity index (χ3n) is 6.42. The number of carbonyl (C=O) groups is 1. The van der Waals surface area contributed by atoms with E-state index in [2.05, 4.69) is 9.88 Å². The number of nitrogens with zero attached hydrogens (tertiary/aromatic N) is 3. The predicted molar refractivity (Wildman–Crippen MR) is 136 cm³/mol. The number of amides is 1. The molecule has 1 aromatic carbocycles. The van der Waals surface area contributed by atoms with E-state index in [1.807, 2.05) is 52.1 Å². The second-order valence-electron chi connectivity index (χ2n) is 8.66. The maximum Gasteiger partial charge on any atom is 0.265 e. The van der Waals surface area contributed by atoms with Crippen molar-refractivity contribution in [1.82, 2.24) is 14.9 Å². The first-order chi connectivity index (χ1) is 16.7. The molecular weight excluding hydrogens is 468 g/mol. The average Bonchev–Trinajstić information content (AvgIpc) is 3.54. The fourth-order valence-corrected chi connectivity index (χ4v) is 6.55. The van der Waals surface area contributed by atoms with Gasteiger partial charge >= 0.3 is 0 Å². The van der Waals surface area contributed by atoms with Gasteiger partial charge in [-0.25, -0.2) is 4.98 Å². The minimum Gasteiger partial charge on any atom is -0.477 e. The molecule has 174 valence electrons. The van der Waals surface area contributed by atoms with Gasteiger partial charge in [-0.3, -0.25) is 9.59 Å². The molecule has 5 heterocycles. The highest BCUT2D eigenvalue weighted by Crippen LogP contribution is 2.36. The van der Waals surface area contributed by atoms with E-state index in [1.165, 1.54) is 17.8 Å². The average molecular weight is 493 g/mol. The molecule has 6 rings (SSSR count). The third-order valence-corrected chi connectivity index (χ3v) is 8.20. The van der Waals surface area contributed by atoms with Crippen molar-refractivity contribution in [2.45, 2.75) is 31.9 Å². The molecule has 0 saturated carbocycles. The van der Waals surface area contributed by atoms with Gasteiger partial charge in [-0.05, 0) is 42.8 Å². The molecule has 2 aliphatic rings. The zero-order chi connectivity index (χ0) is 23.1. The monoisotopic (exact) mass is 492 g/mol. The minimum atomic E-state index is -0.573. The maximum absolute atomic E-state index is 13.2. The lowest BCUT2D eigenvalue weighted by atomic mass is 10.1. The number of para-hydroxylation sites is 2. The van der Waals surface area contributed by atoms with Gasteiger partial charge < -0.3 is 19.5 Å². The minimum absolute atomic E-state index is 0.0370. The molecule has 0 spiro atoms. The number of anilines is 1. The van der Waals surface area contributed by atoms with Crippen molar-refractivity contribution in [3.05, 3.63) is 63.3 Å². The molecule has 3 aromatic heterocycles. The Bertz CT molecular complexity index is 1390. The number of hydrogen-bond acceptors (Lipinski definition) is 7. The van der Waals surface area contributed by atoms with Crippen LogP contribution in [0.4, 0.5) is 5.69 Å². The van der Waals surface area contributed by atoms with Crippen LogP contribution < -0.4 is 15.2 Å². The molecule has 7 nitrogen and oxygen atoms in total. The molecule has 1 fully saturated rings. The Labute approximate surface area is 204 Å². The number of hydrogen-bond donors (Lipinski definition) is 1. The lowest BCUT2D eigenvalue weighted by Crippen LogP contribution is -2.51.